The highest BCUT2D eigenvalue weighted by molar-refractivity contribution is 5.41. The van der Waals surface area contributed by atoms with E-state index in [-0.39, 0.29) is 0 Å². The van der Waals surface area contributed by atoms with Gasteiger partial charge in [-0.25, -0.2) is 9.97 Å². The lowest BCUT2D eigenvalue weighted by Gasteiger charge is -2.22. The highest BCUT2D eigenvalue weighted by Gasteiger charge is 2.25. The van der Waals surface area contributed by atoms with Crippen LogP contribution in [0.3, 0.4) is 0 Å². The number of imidazole rings is 1. The van der Waals surface area contributed by atoms with E-state index >= 15 is 0 Å². The smallest absolute Gasteiger partial charge is 0.234 e. The quantitative estimate of drug-likeness (QED) is 0.680. The Labute approximate surface area is 124 Å². The molecular weight excluding hydrogens is 258 g/mol. The van der Waals surface area contributed by atoms with Crippen LogP contribution in [-0.4, -0.2) is 14.4 Å². The van der Waals surface area contributed by atoms with Crippen LogP contribution >= 0.6 is 0 Å². The molecule has 0 N–H and O–H groups in total. The Balaban J connectivity index is 1.81. The molecule has 0 fully saturated rings. The van der Waals surface area contributed by atoms with Crippen molar-refractivity contribution in [3.05, 3.63) is 64.7 Å². The van der Waals surface area contributed by atoms with Gasteiger partial charge in [-0.15, -0.1) is 0 Å². The van der Waals surface area contributed by atoms with E-state index in [4.69, 9.17) is 4.98 Å². The number of hydrogen-bond acceptors (Lipinski definition) is 2. The number of aryl methyl sites for hydroxylation is 3. The van der Waals surface area contributed by atoms with Gasteiger partial charge >= 0.3 is 0 Å². The van der Waals surface area contributed by atoms with Gasteiger partial charge in [0.2, 0.25) is 5.78 Å². The number of rotatable bonds is 1. The van der Waals surface area contributed by atoms with E-state index in [1.54, 1.807) is 0 Å². The number of nitrogens with zero attached hydrogens (tertiary/aromatic N) is 3. The van der Waals surface area contributed by atoms with Crippen LogP contribution in [0, 0.1) is 13.8 Å². The first-order valence-corrected chi connectivity index (χ1v) is 7.62. The largest absolute Gasteiger partial charge is 0.285 e. The molecule has 1 aliphatic rings. The molecule has 4 rings (SSSR count). The van der Waals surface area contributed by atoms with Crippen LogP contribution in [0.15, 0.2) is 36.4 Å². The van der Waals surface area contributed by atoms with Crippen molar-refractivity contribution < 1.29 is 0 Å². The lowest BCUT2D eigenvalue weighted by Crippen LogP contribution is -2.14. The van der Waals surface area contributed by atoms with Gasteiger partial charge in [-0.1, -0.05) is 30.3 Å². The van der Waals surface area contributed by atoms with Crippen molar-refractivity contribution in [3.8, 4) is 0 Å². The van der Waals surface area contributed by atoms with Crippen LogP contribution < -0.4 is 0 Å². The van der Waals surface area contributed by atoms with Crippen molar-refractivity contribution in [2.75, 3.05) is 0 Å². The first-order valence-electron chi connectivity index (χ1n) is 7.62. The fourth-order valence-electron chi connectivity index (χ4n) is 3.55. The standard InChI is InChI=1S/C18H19N3/c1-12-10-13(2)21-17-11-15(14-6-4-3-5-7-14)8-9-16(17)20-18(21)19-12/h3-7,10,15H,8-9,11H2,1-2H3. The molecular formula is C18H19N3. The molecule has 0 radical (unpaired) electrons. The van der Waals surface area contributed by atoms with Gasteiger partial charge in [-0.05, 0) is 50.7 Å². The minimum Gasteiger partial charge on any atom is -0.285 e. The molecule has 2 aromatic heterocycles. The Bertz CT molecular complexity index is 802. The van der Waals surface area contributed by atoms with Crippen molar-refractivity contribution in [1.29, 1.82) is 0 Å². The van der Waals surface area contributed by atoms with Gasteiger partial charge in [0.05, 0.1) is 5.69 Å². The normalized spacial score (nSPS) is 17.9. The monoisotopic (exact) mass is 277 g/mol. The topological polar surface area (TPSA) is 30.2 Å². The minimum absolute atomic E-state index is 0.597. The summed E-state index contributed by atoms with van der Waals surface area (Å²) in [5.74, 6) is 1.46. The summed E-state index contributed by atoms with van der Waals surface area (Å²) in [6.07, 6.45) is 3.29. The molecule has 1 aromatic carbocycles. The third kappa shape index (κ3) is 2.04. The molecule has 1 atom stereocenters. The van der Waals surface area contributed by atoms with E-state index < -0.39 is 0 Å². The zero-order valence-corrected chi connectivity index (χ0v) is 12.5. The van der Waals surface area contributed by atoms with Crippen molar-refractivity contribution in [1.82, 2.24) is 14.4 Å². The van der Waals surface area contributed by atoms with Crippen molar-refractivity contribution in [3.63, 3.8) is 0 Å². The first-order chi connectivity index (χ1) is 10.2. The molecule has 0 amide bonds. The highest BCUT2D eigenvalue weighted by atomic mass is 15.1. The average Bonchev–Trinajstić information content (AvgIpc) is 2.85. The van der Waals surface area contributed by atoms with E-state index in [1.807, 2.05) is 6.92 Å². The molecule has 3 aromatic rings. The molecule has 0 spiro atoms. The molecule has 0 saturated carbocycles. The van der Waals surface area contributed by atoms with Crippen molar-refractivity contribution in [2.45, 2.75) is 39.0 Å². The second kappa shape index (κ2) is 4.69. The zero-order chi connectivity index (χ0) is 14.4. The van der Waals surface area contributed by atoms with Gasteiger partial charge in [0, 0.05) is 17.1 Å². The molecule has 3 heteroatoms. The molecule has 1 aliphatic carbocycles. The van der Waals surface area contributed by atoms with Gasteiger partial charge in [0.25, 0.3) is 0 Å². The van der Waals surface area contributed by atoms with Crippen LogP contribution in [0.25, 0.3) is 5.78 Å². The molecule has 0 saturated heterocycles. The summed E-state index contributed by atoms with van der Waals surface area (Å²) in [5, 5.41) is 0. The molecule has 0 bridgehead atoms. The lowest BCUT2D eigenvalue weighted by atomic mass is 9.84. The molecule has 0 aliphatic heterocycles. The number of aromatic nitrogens is 3. The first kappa shape index (κ1) is 12.6. The third-order valence-corrected chi connectivity index (χ3v) is 4.53. The minimum atomic E-state index is 0.597. The summed E-state index contributed by atoms with van der Waals surface area (Å²) < 4.78 is 2.25. The molecule has 21 heavy (non-hydrogen) atoms. The Morgan fingerprint density at radius 3 is 2.71 bits per heavy atom. The van der Waals surface area contributed by atoms with Gasteiger partial charge < -0.3 is 0 Å². The summed E-state index contributed by atoms with van der Waals surface area (Å²) in [4.78, 5) is 9.35. The van der Waals surface area contributed by atoms with E-state index in [9.17, 15) is 0 Å². The van der Waals surface area contributed by atoms with E-state index in [2.05, 4.69) is 52.7 Å². The Morgan fingerprint density at radius 1 is 1.10 bits per heavy atom. The summed E-state index contributed by atoms with van der Waals surface area (Å²) in [6, 6.07) is 13.0. The second-order valence-electron chi connectivity index (χ2n) is 6.03. The third-order valence-electron chi connectivity index (χ3n) is 4.53. The van der Waals surface area contributed by atoms with E-state index in [1.165, 1.54) is 29.1 Å². The summed E-state index contributed by atoms with van der Waals surface area (Å²) in [7, 11) is 0. The second-order valence-corrected chi connectivity index (χ2v) is 6.03. The van der Waals surface area contributed by atoms with Gasteiger partial charge in [0.15, 0.2) is 0 Å². The van der Waals surface area contributed by atoms with Crippen LogP contribution in [0.5, 0.6) is 0 Å². The number of hydrogen-bond donors (Lipinski definition) is 0. The van der Waals surface area contributed by atoms with Gasteiger partial charge in [0.1, 0.15) is 0 Å². The summed E-state index contributed by atoms with van der Waals surface area (Å²) in [5.41, 5.74) is 6.32. The fraction of sp³-hybridized carbons (Fsp3) is 0.333. The predicted octanol–water partition coefficient (Wildman–Crippen LogP) is 3.62. The maximum absolute atomic E-state index is 4.75. The van der Waals surface area contributed by atoms with Crippen LogP contribution in [-0.2, 0) is 12.8 Å². The van der Waals surface area contributed by atoms with Crippen LogP contribution in [0.4, 0.5) is 0 Å². The lowest BCUT2D eigenvalue weighted by molar-refractivity contribution is 0.566. The van der Waals surface area contributed by atoms with Crippen LogP contribution in [0.2, 0.25) is 0 Å². The average molecular weight is 277 g/mol. The maximum atomic E-state index is 4.75. The van der Waals surface area contributed by atoms with E-state index in [0.717, 1.165) is 24.3 Å². The summed E-state index contributed by atoms with van der Waals surface area (Å²) in [6.45, 7) is 4.18. The molecule has 2 heterocycles. The molecule has 3 nitrogen and oxygen atoms in total. The Morgan fingerprint density at radius 2 is 1.90 bits per heavy atom. The van der Waals surface area contributed by atoms with Gasteiger partial charge in [-0.3, -0.25) is 4.40 Å². The van der Waals surface area contributed by atoms with Gasteiger partial charge in [-0.2, -0.15) is 0 Å². The number of fused-ring (bicyclic) bond motifs is 3. The number of benzene rings is 1. The Kier molecular flexibility index (Phi) is 2.81. The van der Waals surface area contributed by atoms with Crippen LogP contribution in [0.1, 0.15) is 40.7 Å². The maximum Gasteiger partial charge on any atom is 0.234 e. The fourth-order valence-corrected chi connectivity index (χ4v) is 3.55. The zero-order valence-electron chi connectivity index (χ0n) is 12.5. The van der Waals surface area contributed by atoms with E-state index in [0.29, 0.717) is 5.92 Å². The molecule has 106 valence electrons. The highest BCUT2D eigenvalue weighted by Crippen LogP contribution is 2.33. The SMILES string of the molecule is Cc1cc(C)n2c3c(nc2n1)CCC(c1ccccc1)C3. The summed E-state index contributed by atoms with van der Waals surface area (Å²) >= 11 is 0. The molecule has 1 unspecified atom stereocenters. The van der Waals surface area contributed by atoms with Crippen molar-refractivity contribution >= 4 is 5.78 Å². The Hall–Kier alpha value is -2.16. The predicted molar refractivity (Wildman–Crippen MR) is 83.7 cm³/mol. The van der Waals surface area contributed by atoms with Crippen molar-refractivity contribution in [2.24, 2.45) is 0 Å².